The van der Waals surface area contributed by atoms with E-state index in [-0.39, 0.29) is 12.4 Å². The summed E-state index contributed by atoms with van der Waals surface area (Å²) in [5.41, 5.74) is -0.644. The van der Waals surface area contributed by atoms with Gasteiger partial charge in [0.1, 0.15) is 0 Å². The lowest BCUT2D eigenvalue weighted by molar-refractivity contribution is 0.0400. The van der Waals surface area contributed by atoms with Crippen LogP contribution in [-0.4, -0.2) is 23.9 Å². The molecule has 0 radical (unpaired) electrons. The van der Waals surface area contributed by atoms with Crippen LogP contribution in [0.2, 0.25) is 0 Å². The Kier molecular flexibility index (Phi) is 4.26. The first-order valence-electron chi connectivity index (χ1n) is 5.18. The third-order valence-electron chi connectivity index (χ3n) is 2.60. The molecule has 0 spiro atoms. The second kappa shape index (κ2) is 5.27. The quantitative estimate of drug-likeness (QED) is 0.808. The molecule has 0 saturated carbocycles. The van der Waals surface area contributed by atoms with E-state index in [1.165, 1.54) is 19.2 Å². The summed E-state index contributed by atoms with van der Waals surface area (Å²) in [6.45, 7) is 1.61. The Labute approximate surface area is 94.5 Å². The van der Waals surface area contributed by atoms with E-state index in [0.717, 1.165) is 0 Å². The molecule has 0 saturated heterocycles. The normalized spacial score (nSPS) is 14.6. The predicted molar refractivity (Wildman–Crippen MR) is 58.8 cm³/mol. The van der Waals surface area contributed by atoms with Crippen LogP contribution in [0.1, 0.15) is 25.3 Å². The molecule has 1 unspecified atom stereocenters. The van der Waals surface area contributed by atoms with Crippen LogP contribution < -0.4 is 4.74 Å². The molecule has 0 aromatic heterocycles. The molecule has 0 aliphatic rings. The first-order chi connectivity index (χ1) is 7.51. The lowest BCUT2D eigenvalue weighted by Gasteiger charge is -2.23. The van der Waals surface area contributed by atoms with Crippen molar-refractivity contribution in [2.75, 3.05) is 13.7 Å². The fourth-order valence-corrected chi connectivity index (χ4v) is 1.57. The summed E-state index contributed by atoms with van der Waals surface area (Å²) in [6, 6.07) is 4.37. The van der Waals surface area contributed by atoms with E-state index < -0.39 is 11.4 Å². The standard InChI is InChI=1S/C12H17FO3/c1-12(15,6-3-7-14)9-4-5-11(16-2)10(13)8-9/h4-5,8,14-15H,3,6-7H2,1-2H3. The zero-order valence-corrected chi connectivity index (χ0v) is 9.53. The topological polar surface area (TPSA) is 49.7 Å². The van der Waals surface area contributed by atoms with Crippen molar-refractivity contribution in [1.82, 2.24) is 0 Å². The SMILES string of the molecule is COc1ccc(C(C)(O)CCCO)cc1F. The second-order valence-corrected chi connectivity index (χ2v) is 3.95. The Morgan fingerprint density at radius 3 is 2.62 bits per heavy atom. The molecular weight excluding hydrogens is 211 g/mol. The van der Waals surface area contributed by atoms with E-state index in [9.17, 15) is 9.50 Å². The largest absolute Gasteiger partial charge is 0.494 e. The number of rotatable bonds is 5. The Balaban J connectivity index is 2.91. The Hall–Kier alpha value is -1.13. The summed E-state index contributed by atoms with van der Waals surface area (Å²) in [4.78, 5) is 0. The summed E-state index contributed by atoms with van der Waals surface area (Å²) in [7, 11) is 1.39. The van der Waals surface area contributed by atoms with Crippen LogP contribution in [0.3, 0.4) is 0 Å². The first kappa shape index (κ1) is 12.9. The van der Waals surface area contributed by atoms with Crippen LogP contribution in [0.25, 0.3) is 0 Å². The van der Waals surface area contributed by atoms with Gasteiger partial charge >= 0.3 is 0 Å². The minimum absolute atomic E-state index is 0.00872. The van der Waals surface area contributed by atoms with Crippen molar-refractivity contribution in [3.05, 3.63) is 29.6 Å². The van der Waals surface area contributed by atoms with Crippen molar-refractivity contribution >= 4 is 0 Å². The summed E-state index contributed by atoms with van der Waals surface area (Å²) in [5, 5.41) is 18.8. The van der Waals surface area contributed by atoms with E-state index in [0.29, 0.717) is 18.4 Å². The molecule has 0 aliphatic heterocycles. The van der Waals surface area contributed by atoms with Crippen LogP contribution in [-0.2, 0) is 5.60 Å². The summed E-state index contributed by atoms with van der Waals surface area (Å²) >= 11 is 0. The molecule has 90 valence electrons. The number of halogens is 1. The number of aliphatic hydroxyl groups excluding tert-OH is 1. The maximum Gasteiger partial charge on any atom is 0.165 e. The Bertz CT molecular complexity index is 350. The zero-order chi connectivity index (χ0) is 12.2. The zero-order valence-electron chi connectivity index (χ0n) is 9.53. The van der Waals surface area contributed by atoms with Gasteiger partial charge in [0.15, 0.2) is 11.6 Å². The van der Waals surface area contributed by atoms with Crippen molar-refractivity contribution in [3.8, 4) is 5.75 Å². The van der Waals surface area contributed by atoms with Gasteiger partial charge in [-0.1, -0.05) is 6.07 Å². The number of ether oxygens (including phenoxy) is 1. The van der Waals surface area contributed by atoms with Crippen molar-refractivity contribution in [2.45, 2.75) is 25.4 Å². The predicted octanol–water partition coefficient (Wildman–Crippen LogP) is 1.81. The Morgan fingerprint density at radius 2 is 2.12 bits per heavy atom. The molecule has 4 heteroatoms. The van der Waals surface area contributed by atoms with E-state index in [2.05, 4.69) is 0 Å². The van der Waals surface area contributed by atoms with Crippen LogP contribution in [0.4, 0.5) is 4.39 Å². The molecule has 0 fully saturated rings. The van der Waals surface area contributed by atoms with E-state index in [4.69, 9.17) is 9.84 Å². The van der Waals surface area contributed by atoms with Crippen molar-refractivity contribution < 1.29 is 19.3 Å². The van der Waals surface area contributed by atoms with Crippen molar-refractivity contribution in [3.63, 3.8) is 0 Å². The van der Waals surface area contributed by atoms with Gasteiger partial charge in [0.2, 0.25) is 0 Å². The number of benzene rings is 1. The smallest absolute Gasteiger partial charge is 0.165 e. The van der Waals surface area contributed by atoms with E-state index in [1.54, 1.807) is 13.0 Å². The highest BCUT2D eigenvalue weighted by atomic mass is 19.1. The van der Waals surface area contributed by atoms with Crippen LogP contribution in [0.15, 0.2) is 18.2 Å². The monoisotopic (exact) mass is 228 g/mol. The third-order valence-corrected chi connectivity index (χ3v) is 2.60. The third kappa shape index (κ3) is 2.93. The molecule has 0 heterocycles. The van der Waals surface area contributed by atoms with Crippen molar-refractivity contribution in [2.24, 2.45) is 0 Å². The minimum Gasteiger partial charge on any atom is -0.494 e. The molecule has 3 nitrogen and oxygen atoms in total. The molecule has 1 rings (SSSR count). The number of hydrogen-bond donors (Lipinski definition) is 2. The molecule has 16 heavy (non-hydrogen) atoms. The summed E-state index contributed by atoms with van der Waals surface area (Å²) in [5.74, 6) is -0.342. The molecule has 0 aliphatic carbocycles. The fraction of sp³-hybridized carbons (Fsp3) is 0.500. The molecule has 1 aromatic rings. The molecule has 0 amide bonds. The first-order valence-corrected chi connectivity index (χ1v) is 5.18. The Morgan fingerprint density at radius 1 is 1.44 bits per heavy atom. The van der Waals surface area contributed by atoms with Gasteiger partial charge in [0.25, 0.3) is 0 Å². The van der Waals surface area contributed by atoms with E-state index >= 15 is 0 Å². The molecule has 0 bridgehead atoms. The van der Waals surface area contributed by atoms with Gasteiger partial charge in [-0.25, -0.2) is 4.39 Å². The second-order valence-electron chi connectivity index (χ2n) is 3.95. The molecular formula is C12H17FO3. The molecule has 2 N–H and O–H groups in total. The average Bonchev–Trinajstić information content (AvgIpc) is 2.26. The van der Waals surface area contributed by atoms with Crippen LogP contribution >= 0.6 is 0 Å². The van der Waals surface area contributed by atoms with Gasteiger partial charge < -0.3 is 14.9 Å². The molecule has 1 atom stereocenters. The van der Waals surface area contributed by atoms with Gasteiger partial charge in [-0.2, -0.15) is 0 Å². The maximum atomic E-state index is 13.4. The highest BCUT2D eigenvalue weighted by Gasteiger charge is 2.23. The fourth-order valence-electron chi connectivity index (χ4n) is 1.57. The van der Waals surface area contributed by atoms with Gasteiger partial charge in [0, 0.05) is 6.61 Å². The average molecular weight is 228 g/mol. The lowest BCUT2D eigenvalue weighted by atomic mass is 9.91. The van der Waals surface area contributed by atoms with E-state index in [1.807, 2.05) is 0 Å². The number of methoxy groups -OCH3 is 1. The van der Waals surface area contributed by atoms with Gasteiger partial charge in [0.05, 0.1) is 12.7 Å². The van der Waals surface area contributed by atoms with Gasteiger partial charge in [-0.15, -0.1) is 0 Å². The molecule has 1 aromatic carbocycles. The number of hydrogen-bond acceptors (Lipinski definition) is 3. The summed E-state index contributed by atoms with van der Waals surface area (Å²) in [6.07, 6.45) is 0.857. The number of aliphatic hydroxyl groups is 2. The lowest BCUT2D eigenvalue weighted by Crippen LogP contribution is -2.21. The van der Waals surface area contributed by atoms with Gasteiger partial charge in [-0.3, -0.25) is 0 Å². The summed E-state index contributed by atoms with van der Waals surface area (Å²) < 4.78 is 18.2. The maximum absolute atomic E-state index is 13.4. The highest BCUT2D eigenvalue weighted by Crippen LogP contribution is 2.29. The highest BCUT2D eigenvalue weighted by molar-refractivity contribution is 5.32. The van der Waals surface area contributed by atoms with Crippen LogP contribution in [0, 0.1) is 5.82 Å². The van der Waals surface area contributed by atoms with Crippen molar-refractivity contribution in [1.29, 1.82) is 0 Å². The van der Waals surface area contributed by atoms with Crippen LogP contribution in [0.5, 0.6) is 5.75 Å². The van der Waals surface area contributed by atoms with Gasteiger partial charge in [-0.05, 0) is 37.5 Å². The minimum atomic E-state index is -1.13.